The molecule has 2 amide bonds. The van der Waals surface area contributed by atoms with Crippen LogP contribution in [0.4, 0.5) is 11.4 Å². The zero-order valence-electron chi connectivity index (χ0n) is 14.3. The van der Waals surface area contributed by atoms with Crippen LogP contribution in [-0.2, 0) is 9.59 Å². The fraction of sp³-hybridized carbons (Fsp3) is 0.263. The first-order valence-electron chi connectivity index (χ1n) is 8.16. The Balaban J connectivity index is 1.77. The van der Waals surface area contributed by atoms with Crippen LogP contribution in [0.1, 0.15) is 5.56 Å². The summed E-state index contributed by atoms with van der Waals surface area (Å²) in [5.41, 5.74) is 2.60. The summed E-state index contributed by atoms with van der Waals surface area (Å²) in [6.07, 6.45) is -0.647. The highest BCUT2D eigenvalue weighted by molar-refractivity contribution is 5.95. The average molecular weight is 339 g/mol. The highest BCUT2D eigenvalue weighted by atomic mass is 16.5. The normalized spacial score (nSPS) is 15.8. The van der Waals surface area contributed by atoms with Gasteiger partial charge < -0.3 is 20.3 Å². The van der Waals surface area contributed by atoms with Crippen LogP contribution in [0, 0.1) is 6.92 Å². The third kappa shape index (κ3) is 3.74. The Bertz CT molecular complexity index is 791. The molecule has 0 aliphatic carbocycles. The van der Waals surface area contributed by atoms with Gasteiger partial charge in [-0.05, 0) is 30.7 Å². The Kier molecular flexibility index (Phi) is 4.88. The van der Waals surface area contributed by atoms with Crippen molar-refractivity contribution in [2.45, 2.75) is 13.0 Å². The Labute approximate surface area is 146 Å². The minimum Gasteiger partial charge on any atom is -0.477 e. The van der Waals surface area contributed by atoms with Gasteiger partial charge in [-0.3, -0.25) is 9.59 Å². The molecule has 0 fully saturated rings. The van der Waals surface area contributed by atoms with Gasteiger partial charge in [-0.1, -0.05) is 30.3 Å². The van der Waals surface area contributed by atoms with Crippen LogP contribution in [-0.4, -0.2) is 38.1 Å². The highest BCUT2D eigenvalue weighted by Crippen LogP contribution is 2.33. The van der Waals surface area contributed by atoms with Crippen molar-refractivity contribution < 1.29 is 14.3 Å². The molecule has 0 saturated heterocycles. The smallest absolute Gasteiger partial charge is 0.262 e. The Morgan fingerprint density at radius 3 is 2.64 bits per heavy atom. The molecule has 1 heterocycles. The van der Waals surface area contributed by atoms with E-state index in [9.17, 15) is 9.59 Å². The Morgan fingerprint density at radius 2 is 1.88 bits per heavy atom. The number of carbonyl (C=O) groups is 2. The lowest BCUT2D eigenvalue weighted by Gasteiger charge is -2.35. The van der Waals surface area contributed by atoms with Crippen molar-refractivity contribution in [1.29, 1.82) is 0 Å². The molecule has 0 radical (unpaired) electrons. The molecule has 130 valence electrons. The number of nitrogens with zero attached hydrogens (tertiary/aromatic N) is 1. The molecule has 1 atom stereocenters. The van der Waals surface area contributed by atoms with E-state index < -0.39 is 6.10 Å². The molecule has 6 nitrogen and oxygen atoms in total. The van der Waals surface area contributed by atoms with Gasteiger partial charge in [0.1, 0.15) is 5.75 Å². The van der Waals surface area contributed by atoms with Crippen LogP contribution < -0.4 is 20.3 Å². The molecular weight excluding hydrogens is 318 g/mol. The van der Waals surface area contributed by atoms with Gasteiger partial charge >= 0.3 is 0 Å². The van der Waals surface area contributed by atoms with Crippen molar-refractivity contribution >= 4 is 23.2 Å². The second-order valence-corrected chi connectivity index (χ2v) is 5.93. The number of hydrogen-bond donors (Lipinski definition) is 2. The Hall–Kier alpha value is -3.02. The molecule has 1 aliphatic rings. The number of carbonyl (C=O) groups excluding carboxylic acids is 2. The molecule has 6 heteroatoms. The summed E-state index contributed by atoms with van der Waals surface area (Å²) in [4.78, 5) is 26.3. The summed E-state index contributed by atoms with van der Waals surface area (Å²) < 4.78 is 5.75. The fourth-order valence-electron chi connectivity index (χ4n) is 2.83. The first-order chi connectivity index (χ1) is 12.1. The molecule has 0 spiro atoms. The quantitative estimate of drug-likeness (QED) is 0.893. The predicted octanol–water partition coefficient (Wildman–Crippen LogP) is 1.95. The van der Waals surface area contributed by atoms with Gasteiger partial charge in [-0.15, -0.1) is 0 Å². The first kappa shape index (κ1) is 16.8. The maximum Gasteiger partial charge on any atom is 0.262 e. The van der Waals surface area contributed by atoms with E-state index in [0.717, 1.165) is 16.9 Å². The predicted molar refractivity (Wildman–Crippen MR) is 96.9 cm³/mol. The number of likely N-dealkylation sites (N-methyl/N-ethyl adjacent to an activating group) is 1. The van der Waals surface area contributed by atoms with Crippen molar-refractivity contribution in [2.75, 3.05) is 30.4 Å². The SMILES string of the molecule is CNC(=O)[C@@H]1CN(CC(=O)Nc2ccccc2C)c2ccccc2O1. The fourth-order valence-corrected chi connectivity index (χ4v) is 2.83. The van der Waals surface area contributed by atoms with Crippen LogP contribution in [0.5, 0.6) is 5.75 Å². The maximum atomic E-state index is 12.5. The highest BCUT2D eigenvalue weighted by Gasteiger charge is 2.30. The molecule has 0 aromatic heterocycles. The number of aryl methyl sites for hydroxylation is 1. The summed E-state index contributed by atoms with van der Waals surface area (Å²) in [6, 6.07) is 15.0. The molecule has 1 aliphatic heterocycles. The summed E-state index contributed by atoms with van der Waals surface area (Å²) in [5, 5.41) is 5.52. The lowest BCUT2D eigenvalue weighted by Crippen LogP contribution is -2.50. The zero-order valence-corrected chi connectivity index (χ0v) is 14.3. The maximum absolute atomic E-state index is 12.5. The number of para-hydroxylation sites is 3. The zero-order chi connectivity index (χ0) is 17.8. The summed E-state index contributed by atoms with van der Waals surface area (Å²) in [6.45, 7) is 2.40. The van der Waals surface area contributed by atoms with Gasteiger partial charge in [0.2, 0.25) is 5.91 Å². The monoisotopic (exact) mass is 339 g/mol. The molecule has 0 unspecified atom stereocenters. The van der Waals surface area contributed by atoms with Crippen molar-refractivity contribution in [3.8, 4) is 5.75 Å². The van der Waals surface area contributed by atoms with E-state index in [1.54, 1.807) is 13.1 Å². The van der Waals surface area contributed by atoms with Gasteiger partial charge in [0.15, 0.2) is 6.10 Å². The summed E-state index contributed by atoms with van der Waals surface area (Å²) >= 11 is 0. The largest absolute Gasteiger partial charge is 0.477 e. The lowest BCUT2D eigenvalue weighted by molar-refractivity contribution is -0.127. The van der Waals surface area contributed by atoms with E-state index in [-0.39, 0.29) is 18.4 Å². The average Bonchev–Trinajstić information content (AvgIpc) is 2.62. The number of amides is 2. The van der Waals surface area contributed by atoms with Crippen molar-refractivity contribution in [3.63, 3.8) is 0 Å². The van der Waals surface area contributed by atoms with Gasteiger partial charge in [0, 0.05) is 12.7 Å². The van der Waals surface area contributed by atoms with E-state index in [1.807, 2.05) is 54.3 Å². The molecular formula is C19H21N3O3. The molecule has 2 aromatic carbocycles. The summed E-state index contributed by atoms with van der Waals surface area (Å²) in [5.74, 6) is 0.256. The second kappa shape index (κ2) is 7.25. The summed E-state index contributed by atoms with van der Waals surface area (Å²) in [7, 11) is 1.57. The van der Waals surface area contributed by atoms with Crippen LogP contribution in [0.3, 0.4) is 0 Å². The minimum absolute atomic E-state index is 0.137. The first-order valence-corrected chi connectivity index (χ1v) is 8.16. The van der Waals surface area contributed by atoms with E-state index in [2.05, 4.69) is 10.6 Å². The van der Waals surface area contributed by atoms with E-state index in [4.69, 9.17) is 4.74 Å². The molecule has 3 rings (SSSR count). The van der Waals surface area contributed by atoms with Crippen LogP contribution >= 0.6 is 0 Å². The van der Waals surface area contributed by atoms with Crippen molar-refractivity contribution in [3.05, 3.63) is 54.1 Å². The minimum atomic E-state index is -0.647. The Morgan fingerprint density at radius 1 is 1.16 bits per heavy atom. The number of ether oxygens (including phenoxy) is 1. The number of rotatable bonds is 4. The lowest BCUT2D eigenvalue weighted by atomic mass is 10.1. The number of anilines is 2. The van der Waals surface area contributed by atoms with Gasteiger partial charge in [0.05, 0.1) is 18.8 Å². The van der Waals surface area contributed by atoms with Crippen LogP contribution in [0.2, 0.25) is 0 Å². The number of fused-ring (bicyclic) bond motifs is 1. The molecule has 25 heavy (non-hydrogen) atoms. The van der Waals surface area contributed by atoms with Crippen LogP contribution in [0.25, 0.3) is 0 Å². The number of benzene rings is 2. The third-order valence-electron chi connectivity index (χ3n) is 4.15. The van der Waals surface area contributed by atoms with Crippen LogP contribution in [0.15, 0.2) is 48.5 Å². The molecule has 2 aromatic rings. The topological polar surface area (TPSA) is 70.7 Å². The van der Waals surface area contributed by atoms with Crippen molar-refractivity contribution in [1.82, 2.24) is 5.32 Å². The van der Waals surface area contributed by atoms with E-state index in [1.165, 1.54) is 0 Å². The molecule has 0 saturated carbocycles. The second-order valence-electron chi connectivity index (χ2n) is 5.93. The number of hydrogen-bond acceptors (Lipinski definition) is 4. The van der Waals surface area contributed by atoms with Crippen molar-refractivity contribution in [2.24, 2.45) is 0 Å². The van der Waals surface area contributed by atoms with Gasteiger partial charge in [0.25, 0.3) is 5.91 Å². The standard InChI is InChI=1S/C19H21N3O3/c1-13-7-3-4-8-14(13)21-18(23)12-22-11-17(19(24)20-2)25-16-10-6-5-9-15(16)22/h3-10,17H,11-12H2,1-2H3,(H,20,24)(H,21,23)/t17-/m0/s1. The van der Waals surface area contributed by atoms with Gasteiger partial charge in [-0.25, -0.2) is 0 Å². The third-order valence-corrected chi connectivity index (χ3v) is 4.15. The molecule has 2 N–H and O–H groups in total. The van der Waals surface area contributed by atoms with E-state index >= 15 is 0 Å². The molecule has 0 bridgehead atoms. The van der Waals surface area contributed by atoms with Gasteiger partial charge in [-0.2, -0.15) is 0 Å². The number of nitrogens with one attached hydrogen (secondary N) is 2. The van der Waals surface area contributed by atoms with E-state index in [0.29, 0.717) is 12.3 Å².